The van der Waals surface area contributed by atoms with Crippen LogP contribution in [0, 0.1) is 0 Å². The lowest BCUT2D eigenvalue weighted by atomic mass is 10.2. The quantitative estimate of drug-likeness (QED) is 0.551. The highest BCUT2D eigenvalue weighted by molar-refractivity contribution is 4.76. The van der Waals surface area contributed by atoms with Crippen LogP contribution in [-0.4, -0.2) is 100 Å². The Morgan fingerprint density at radius 3 is 2.55 bits per heavy atom. The van der Waals surface area contributed by atoms with E-state index in [1.807, 2.05) is 0 Å². The number of aliphatic hydroxyl groups excluding tert-OH is 1. The first-order chi connectivity index (χ1) is 9.67. The smallest absolute Gasteiger partial charge is 0.0793 e. The van der Waals surface area contributed by atoms with Crippen molar-refractivity contribution < 1.29 is 14.6 Å². The van der Waals surface area contributed by atoms with Crippen LogP contribution in [0.15, 0.2) is 0 Å². The maximum absolute atomic E-state index is 10.3. The lowest BCUT2D eigenvalue weighted by Gasteiger charge is -2.33. The van der Waals surface area contributed by atoms with E-state index in [1.54, 1.807) is 14.2 Å². The molecule has 0 radical (unpaired) electrons. The summed E-state index contributed by atoms with van der Waals surface area (Å²) in [5, 5.41) is 13.6. The van der Waals surface area contributed by atoms with Gasteiger partial charge in [-0.3, -0.25) is 9.80 Å². The number of hydrogen-bond donors (Lipinski definition) is 2. The molecule has 2 N–H and O–H groups in total. The van der Waals surface area contributed by atoms with E-state index in [4.69, 9.17) is 9.47 Å². The number of hydrogen-bond acceptors (Lipinski definition) is 6. The Kier molecular flexibility index (Phi) is 9.33. The summed E-state index contributed by atoms with van der Waals surface area (Å²) in [5.74, 6) is 0. The first-order valence-corrected chi connectivity index (χ1v) is 7.50. The first-order valence-electron chi connectivity index (χ1n) is 7.50. The summed E-state index contributed by atoms with van der Waals surface area (Å²) >= 11 is 0. The Morgan fingerprint density at radius 2 is 1.95 bits per heavy atom. The number of aliphatic hydroxyl groups is 1. The monoisotopic (exact) mass is 289 g/mol. The summed E-state index contributed by atoms with van der Waals surface area (Å²) in [6.07, 6.45) is -0.329. The Hall–Kier alpha value is -0.240. The second-order valence-corrected chi connectivity index (χ2v) is 5.50. The van der Waals surface area contributed by atoms with Gasteiger partial charge in [0.15, 0.2) is 0 Å². The predicted molar refractivity (Wildman–Crippen MR) is 80.1 cm³/mol. The van der Waals surface area contributed by atoms with Crippen LogP contribution in [0.2, 0.25) is 0 Å². The Morgan fingerprint density at radius 1 is 1.25 bits per heavy atom. The highest BCUT2D eigenvalue weighted by Crippen LogP contribution is 2.04. The zero-order valence-corrected chi connectivity index (χ0v) is 13.2. The number of β-amino-alcohol motifs (C(OH)–C–C–N with tert-alkyl or cyclic N) is 1. The molecule has 0 aliphatic carbocycles. The molecule has 1 heterocycles. The summed E-state index contributed by atoms with van der Waals surface area (Å²) in [6.45, 7) is 9.75. The highest BCUT2D eigenvalue weighted by atomic mass is 16.5. The van der Waals surface area contributed by atoms with Crippen molar-refractivity contribution in [2.24, 2.45) is 0 Å². The van der Waals surface area contributed by atoms with Crippen LogP contribution >= 0.6 is 0 Å². The molecule has 0 aromatic heterocycles. The lowest BCUT2D eigenvalue weighted by Crippen LogP contribution is -2.50. The van der Waals surface area contributed by atoms with E-state index >= 15 is 0 Å². The number of nitrogens with zero attached hydrogens (tertiary/aromatic N) is 2. The molecule has 20 heavy (non-hydrogen) atoms. The van der Waals surface area contributed by atoms with Gasteiger partial charge in [0.2, 0.25) is 0 Å². The van der Waals surface area contributed by atoms with E-state index in [0.717, 1.165) is 39.3 Å². The number of piperazine rings is 1. The van der Waals surface area contributed by atoms with Gasteiger partial charge < -0.3 is 19.9 Å². The molecule has 1 aliphatic heterocycles. The number of ether oxygens (including phenoxy) is 2. The van der Waals surface area contributed by atoms with Crippen LogP contribution < -0.4 is 5.32 Å². The number of nitrogens with one attached hydrogen (secondary N) is 1. The maximum Gasteiger partial charge on any atom is 0.0793 e. The third kappa shape index (κ3) is 6.97. The predicted octanol–water partition coefficient (Wildman–Crippen LogP) is -0.764. The fourth-order valence-electron chi connectivity index (χ4n) is 2.57. The zero-order valence-electron chi connectivity index (χ0n) is 13.2. The SMILES string of the molecule is COCCN(CC(O)CN1CCNCC1)C(C)COC. The second kappa shape index (κ2) is 10.5. The topological polar surface area (TPSA) is 57.2 Å². The average Bonchev–Trinajstić information content (AvgIpc) is 2.44. The van der Waals surface area contributed by atoms with Crippen molar-refractivity contribution >= 4 is 0 Å². The molecule has 6 heteroatoms. The van der Waals surface area contributed by atoms with Gasteiger partial charge in [0.05, 0.1) is 19.3 Å². The van der Waals surface area contributed by atoms with Crippen molar-refractivity contribution in [3.05, 3.63) is 0 Å². The molecular weight excluding hydrogens is 258 g/mol. The molecule has 2 atom stereocenters. The standard InChI is InChI=1S/C14H31N3O3/c1-13(12-20-3)17(8-9-19-2)11-14(18)10-16-6-4-15-5-7-16/h13-15,18H,4-12H2,1-3H3. The van der Waals surface area contributed by atoms with Gasteiger partial charge in [-0.05, 0) is 6.92 Å². The van der Waals surface area contributed by atoms with Gasteiger partial charge in [-0.2, -0.15) is 0 Å². The summed E-state index contributed by atoms with van der Waals surface area (Å²) in [4.78, 5) is 4.55. The Balaban J connectivity index is 2.36. The van der Waals surface area contributed by atoms with Gasteiger partial charge in [-0.1, -0.05) is 0 Å². The van der Waals surface area contributed by atoms with E-state index < -0.39 is 0 Å². The van der Waals surface area contributed by atoms with E-state index in [0.29, 0.717) is 19.8 Å². The molecule has 0 spiro atoms. The summed E-state index contributed by atoms with van der Waals surface area (Å²) < 4.78 is 10.4. The Bertz CT molecular complexity index is 238. The van der Waals surface area contributed by atoms with E-state index in [9.17, 15) is 5.11 Å². The van der Waals surface area contributed by atoms with Crippen LogP contribution in [-0.2, 0) is 9.47 Å². The third-order valence-corrected chi connectivity index (χ3v) is 3.74. The van der Waals surface area contributed by atoms with Crippen LogP contribution in [0.25, 0.3) is 0 Å². The molecule has 0 aromatic rings. The van der Waals surface area contributed by atoms with Gasteiger partial charge in [-0.25, -0.2) is 0 Å². The zero-order chi connectivity index (χ0) is 14.8. The maximum atomic E-state index is 10.3. The van der Waals surface area contributed by atoms with Crippen molar-refractivity contribution in [1.29, 1.82) is 0 Å². The van der Waals surface area contributed by atoms with E-state index in [1.165, 1.54) is 0 Å². The largest absolute Gasteiger partial charge is 0.390 e. The van der Waals surface area contributed by atoms with Crippen molar-refractivity contribution in [2.45, 2.75) is 19.1 Å². The van der Waals surface area contributed by atoms with E-state index in [-0.39, 0.29) is 12.1 Å². The number of methoxy groups -OCH3 is 2. The minimum atomic E-state index is -0.329. The second-order valence-electron chi connectivity index (χ2n) is 5.50. The summed E-state index contributed by atoms with van der Waals surface area (Å²) in [6, 6.07) is 0.285. The van der Waals surface area contributed by atoms with Crippen LogP contribution in [0.1, 0.15) is 6.92 Å². The molecule has 1 rings (SSSR count). The Labute approximate surface area is 123 Å². The van der Waals surface area contributed by atoms with Gasteiger partial charge in [0.25, 0.3) is 0 Å². The third-order valence-electron chi connectivity index (χ3n) is 3.74. The number of rotatable bonds is 10. The summed E-state index contributed by atoms with van der Waals surface area (Å²) in [5.41, 5.74) is 0. The van der Waals surface area contributed by atoms with Crippen LogP contribution in [0.4, 0.5) is 0 Å². The molecule has 2 unspecified atom stereocenters. The van der Waals surface area contributed by atoms with Gasteiger partial charge in [0.1, 0.15) is 0 Å². The van der Waals surface area contributed by atoms with Gasteiger partial charge >= 0.3 is 0 Å². The molecule has 1 aliphatic rings. The molecule has 0 bridgehead atoms. The normalized spacial score (nSPS) is 20.2. The molecule has 120 valence electrons. The average molecular weight is 289 g/mol. The first kappa shape index (κ1) is 17.8. The molecule has 0 amide bonds. The van der Waals surface area contributed by atoms with Crippen molar-refractivity contribution in [3.63, 3.8) is 0 Å². The van der Waals surface area contributed by atoms with Crippen molar-refractivity contribution in [2.75, 3.05) is 73.2 Å². The molecule has 6 nitrogen and oxygen atoms in total. The molecule has 0 saturated carbocycles. The minimum Gasteiger partial charge on any atom is -0.390 e. The van der Waals surface area contributed by atoms with Crippen LogP contribution in [0.3, 0.4) is 0 Å². The highest BCUT2D eigenvalue weighted by Gasteiger charge is 2.20. The fourth-order valence-corrected chi connectivity index (χ4v) is 2.57. The fraction of sp³-hybridized carbons (Fsp3) is 1.00. The lowest BCUT2D eigenvalue weighted by molar-refractivity contribution is 0.0245. The molecule has 1 fully saturated rings. The molecule has 1 saturated heterocycles. The van der Waals surface area contributed by atoms with Crippen LogP contribution in [0.5, 0.6) is 0 Å². The van der Waals surface area contributed by atoms with Gasteiger partial charge in [0, 0.05) is 66.1 Å². The molecule has 0 aromatic carbocycles. The summed E-state index contributed by atoms with van der Waals surface area (Å²) in [7, 11) is 3.42. The van der Waals surface area contributed by atoms with Crippen molar-refractivity contribution in [1.82, 2.24) is 15.1 Å². The van der Waals surface area contributed by atoms with Gasteiger partial charge in [-0.15, -0.1) is 0 Å². The van der Waals surface area contributed by atoms with E-state index in [2.05, 4.69) is 22.0 Å². The molecular formula is C14H31N3O3. The van der Waals surface area contributed by atoms with Crippen molar-refractivity contribution in [3.8, 4) is 0 Å². The minimum absolute atomic E-state index is 0.285.